The van der Waals surface area contributed by atoms with Crippen LogP contribution >= 0.6 is 0 Å². The van der Waals surface area contributed by atoms with Gasteiger partial charge in [-0.1, -0.05) is 0 Å². The number of nitrogens with one attached hydrogen (secondary N) is 1. The van der Waals surface area contributed by atoms with Gasteiger partial charge in [-0.05, 0) is 19.1 Å². The zero-order valence-electron chi connectivity index (χ0n) is 12.4. The Hall–Kier alpha value is -2.76. The smallest absolute Gasteiger partial charge is 0.224 e. The highest BCUT2D eigenvalue weighted by molar-refractivity contribution is 5.88. The van der Waals surface area contributed by atoms with Gasteiger partial charge in [0.15, 0.2) is 6.39 Å². The maximum Gasteiger partial charge on any atom is 0.224 e. The summed E-state index contributed by atoms with van der Waals surface area (Å²) in [4.78, 5) is 16.0. The highest BCUT2D eigenvalue weighted by atomic mass is 16.5. The van der Waals surface area contributed by atoms with Gasteiger partial charge in [0.1, 0.15) is 17.1 Å². The van der Waals surface area contributed by atoms with Crippen LogP contribution < -0.4 is 10.1 Å². The number of carbonyl (C=O) groups excluding carboxylic acids is 1. The number of fused-ring (bicyclic) bond motifs is 1. The monoisotopic (exact) mass is 300 g/mol. The minimum absolute atomic E-state index is 0.102. The second-order valence-electron chi connectivity index (χ2n) is 4.94. The van der Waals surface area contributed by atoms with Crippen LogP contribution in [0.5, 0.6) is 5.75 Å². The molecular weight excluding hydrogens is 284 g/mol. The molecule has 0 saturated carbocycles. The topological polar surface area (TPSA) is 77.5 Å². The molecule has 0 aliphatic rings. The van der Waals surface area contributed by atoms with E-state index in [0.717, 1.165) is 22.4 Å². The molecule has 1 N–H and O–H groups in total. The van der Waals surface area contributed by atoms with Crippen LogP contribution in [0.25, 0.3) is 11.0 Å². The van der Waals surface area contributed by atoms with Crippen molar-refractivity contribution < 1.29 is 18.4 Å². The van der Waals surface area contributed by atoms with E-state index in [1.807, 2.05) is 19.1 Å². The molecule has 6 nitrogen and oxygen atoms in total. The largest absolute Gasteiger partial charge is 0.497 e. The number of rotatable bonds is 5. The average Bonchev–Trinajstić information content (AvgIpc) is 3.11. The van der Waals surface area contributed by atoms with Crippen molar-refractivity contribution in [3.63, 3.8) is 0 Å². The number of benzene rings is 1. The molecule has 114 valence electrons. The Morgan fingerprint density at radius 1 is 1.36 bits per heavy atom. The molecule has 0 unspecified atom stereocenters. The van der Waals surface area contributed by atoms with Gasteiger partial charge in [-0.3, -0.25) is 4.79 Å². The minimum Gasteiger partial charge on any atom is -0.497 e. The number of oxazole rings is 1. The fraction of sp³-hybridized carbons (Fsp3) is 0.250. The van der Waals surface area contributed by atoms with E-state index in [0.29, 0.717) is 17.9 Å². The van der Waals surface area contributed by atoms with Crippen molar-refractivity contribution >= 4 is 16.9 Å². The predicted molar refractivity (Wildman–Crippen MR) is 79.6 cm³/mol. The van der Waals surface area contributed by atoms with Crippen molar-refractivity contribution in [2.45, 2.75) is 19.9 Å². The first kappa shape index (κ1) is 14.2. The van der Waals surface area contributed by atoms with Gasteiger partial charge in [0.25, 0.3) is 0 Å². The normalized spacial score (nSPS) is 10.8. The molecule has 0 radical (unpaired) electrons. The van der Waals surface area contributed by atoms with Crippen molar-refractivity contribution in [2.24, 2.45) is 0 Å². The summed E-state index contributed by atoms with van der Waals surface area (Å²) < 4.78 is 15.8. The first-order valence-electron chi connectivity index (χ1n) is 6.87. The Morgan fingerprint density at radius 2 is 2.23 bits per heavy atom. The van der Waals surface area contributed by atoms with E-state index in [4.69, 9.17) is 13.6 Å². The second-order valence-corrected chi connectivity index (χ2v) is 4.94. The quantitative estimate of drug-likeness (QED) is 0.783. The third kappa shape index (κ3) is 2.81. The second kappa shape index (κ2) is 5.93. The van der Waals surface area contributed by atoms with Crippen LogP contribution in [0, 0.1) is 6.92 Å². The summed E-state index contributed by atoms with van der Waals surface area (Å²) in [6, 6.07) is 5.53. The van der Waals surface area contributed by atoms with E-state index in [9.17, 15) is 4.79 Å². The van der Waals surface area contributed by atoms with Crippen molar-refractivity contribution in [1.82, 2.24) is 10.3 Å². The molecule has 3 aromatic rings. The Bertz CT molecular complexity index is 803. The summed E-state index contributed by atoms with van der Waals surface area (Å²) in [6.07, 6.45) is 3.21. The molecule has 1 aromatic carbocycles. The van der Waals surface area contributed by atoms with Crippen LogP contribution in [0.2, 0.25) is 0 Å². The number of methoxy groups -OCH3 is 1. The van der Waals surface area contributed by atoms with Crippen LogP contribution in [0.15, 0.2) is 39.7 Å². The number of aryl methyl sites for hydroxylation is 1. The van der Waals surface area contributed by atoms with E-state index < -0.39 is 0 Å². The summed E-state index contributed by atoms with van der Waals surface area (Å²) in [6.45, 7) is 2.16. The minimum atomic E-state index is -0.102. The SMILES string of the molecule is COc1ccc2c(CC(=O)NCc3ocnc3C)coc2c1. The summed E-state index contributed by atoms with van der Waals surface area (Å²) in [5, 5.41) is 3.72. The lowest BCUT2D eigenvalue weighted by atomic mass is 10.1. The number of carbonyl (C=O) groups is 1. The molecule has 6 heteroatoms. The van der Waals surface area contributed by atoms with Crippen LogP contribution in [0.1, 0.15) is 17.0 Å². The number of nitrogens with zero attached hydrogens (tertiary/aromatic N) is 1. The van der Waals surface area contributed by atoms with Gasteiger partial charge in [-0.15, -0.1) is 0 Å². The Labute approximate surface area is 127 Å². The van der Waals surface area contributed by atoms with Crippen molar-refractivity contribution in [3.05, 3.63) is 47.9 Å². The number of furan rings is 1. The lowest BCUT2D eigenvalue weighted by Gasteiger charge is -2.03. The van der Waals surface area contributed by atoms with Crippen LogP contribution in [0.4, 0.5) is 0 Å². The molecule has 2 aromatic heterocycles. The van der Waals surface area contributed by atoms with Crippen LogP contribution in [0.3, 0.4) is 0 Å². The number of hydrogen-bond acceptors (Lipinski definition) is 5. The highest BCUT2D eigenvalue weighted by Crippen LogP contribution is 2.25. The molecule has 3 rings (SSSR count). The fourth-order valence-corrected chi connectivity index (χ4v) is 2.24. The predicted octanol–water partition coefficient (Wildman–Crippen LogP) is 2.60. The standard InChI is InChI=1S/C16H16N2O4/c1-10-15(22-9-18-10)7-17-16(19)5-11-8-21-14-6-12(20-2)3-4-13(11)14/h3-4,6,8-9H,5,7H2,1-2H3,(H,17,19). The number of aromatic nitrogens is 1. The molecule has 0 aliphatic heterocycles. The first-order chi connectivity index (χ1) is 10.7. The lowest BCUT2D eigenvalue weighted by Crippen LogP contribution is -2.24. The maximum absolute atomic E-state index is 12.0. The fourth-order valence-electron chi connectivity index (χ4n) is 2.24. The summed E-state index contributed by atoms with van der Waals surface area (Å²) in [7, 11) is 1.60. The summed E-state index contributed by atoms with van der Waals surface area (Å²) in [5.41, 5.74) is 2.32. The molecule has 0 bridgehead atoms. The molecule has 0 fully saturated rings. The molecule has 1 amide bonds. The molecule has 0 aliphatic carbocycles. The third-order valence-electron chi connectivity index (χ3n) is 3.50. The molecular formula is C16H16N2O4. The molecule has 0 spiro atoms. The van der Waals surface area contributed by atoms with E-state index >= 15 is 0 Å². The number of ether oxygens (including phenoxy) is 1. The summed E-state index contributed by atoms with van der Waals surface area (Å²) in [5.74, 6) is 1.28. The third-order valence-corrected chi connectivity index (χ3v) is 3.50. The average molecular weight is 300 g/mol. The Morgan fingerprint density at radius 3 is 2.95 bits per heavy atom. The van der Waals surface area contributed by atoms with E-state index in [2.05, 4.69) is 10.3 Å². The van der Waals surface area contributed by atoms with Crippen molar-refractivity contribution in [2.75, 3.05) is 7.11 Å². The van der Waals surface area contributed by atoms with Gasteiger partial charge >= 0.3 is 0 Å². The van der Waals surface area contributed by atoms with E-state index in [1.165, 1.54) is 6.39 Å². The molecule has 0 saturated heterocycles. The number of hydrogen-bond donors (Lipinski definition) is 1. The zero-order chi connectivity index (χ0) is 15.5. The molecule has 2 heterocycles. The van der Waals surface area contributed by atoms with Crippen LogP contribution in [-0.4, -0.2) is 18.0 Å². The Balaban J connectivity index is 1.67. The van der Waals surface area contributed by atoms with Gasteiger partial charge in [-0.25, -0.2) is 4.98 Å². The van der Waals surface area contributed by atoms with Crippen molar-refractivity contribution in [1.29, 1.82) is 0 Å². The lowest BCUT2D eigenvalue weighted by molar-refractivity contribution is -0.120. The summed E-state index contributed by atoms with van der Waals surface area (Å²) >= 11 is 0. The van der Waals surface area contributed by atoms with E-state index in [-0.39, 0.29) is 12.3 Å². The highest BCUT2D eigenvalue weighted by Gasteiger charge is 2.12. The number of amides is 1. The van der Waals surface area contributed by atoms with E-state index in [1.54, 1.807) is 19.4 Å². The van der Waals surface area contributed by atoms with Crippen molar-refractivity contribution in [3.8, 4) is 5.75 Å². The van der Waals surface area contributed by atoms with Gasteiger partial charge in [0.2, 0.25) is 5.91 Å². The molecule has 22 heavy (non-hydrogen) atoms. The first-order valence-corrected chi connectivity index (χ1v) is 6.87. The van der Waals surface area contributed by atoms with Gasteiger partial charge < -0.3 is 18.9 Å². The Kier molecular flexibility index (Phi) is 3.82. The van der Waals surface area contributed by atoms with Gasteiger partial charge in [-0.2, -0.15) is 0 Å². The maximum atomic E-state index is 12.0. The molecule has 0 atom stereocenters. The zero-order valence-corrected chi connectivity index (χ0v) is 12.4. The van der Waals surface area contributed by atoms with Gasteiger partial charge in [0.05, 0.1) is 32.0 Å². The van der Waals surface area contributed by atoms with Gasteiger partial charge in [0, 0.05) is 17.0 Å². The van der Waals surface area contributed by atoms with Crippen LogP contribution in [-0.2, 0) is 17.8 Å².